The van der Waals surface area contributed by atoms with Gasteiger partial charge in [-0.1, -0.05) is 35.9 Å². The predicted molar refractivity (Wildman–Crippen MR) is 116 cm³/mol. The van der Waals surface area contributed by atoms with Gasteiger partial charge in [0.05, 0.1) is 22.8 Å². The largest absolute Gasteiger partial charge is 0.407 e. The van der Waals surface area contributed by atoms with E-state index in [0.717, 1.165) is 0 Å². The van der Waals surface area contributed by atoms with Gasteiger partial charge in [0.1, 0.15) is 17.2 Å². The van der Waals surface area contributed by atoms with Crippen LogP contribution < -0.4 is 10.6 Å². The van der Waals surface area contributed by atoms with Crippen molar-refractivity contribution in [3.05, 3.63) is 53.2 Å². The van der Waals surface area contributed by atoms with Gasteiger partial charge in [-0.3, -0.25) is 15.1 Å². The summed E-state index contributed by atoms with van der Waals surface area (Å²) in [4.78, 5) is 16.9. The Morgan fingerprint density at radius 1 is 1.18 bits per heavy atom. The van der Waals surface area contributed by atoms with Gasteiger partial charge in [-0.15, -0.1) is 0 Å². The highest BCUT2D eigenvalue weighted by Crippen LogP contribution is 2.37. The van der Waals surface area contributed by atoms with E-state index < -0.39 is 41.8 Å². The van der Waals surface area contributed by atoms with Crippen LogP contribution in [0.2, 0.25) is 5.02 Å². The van der Waals surface area contributed by atoms with E-state index in [1.807, 2.05) is 6.07 Å². The molecule has 33 heavy (non-hydrogen) atoms. The van der Waals surface area contributed by atoms with Crippen LogP contribution in [0, 0.1) is 11.3 Å². The third kappa shape index (κ3) is 6.65. The van der Waals surface area contributed by atoms with Crippen LogP contribution in [0.4, 0.5) is 17.6 Å². The van der Waals surface area contributed by atoms with Crippen molar-refractivity contribution in [3.63, 3.8) is 0 Å². The summed E-state index contributed by atoms with van der Waals surface area (Å²) in [7, 11) is 0. The Kier molecular flexibility index (Phi) is 7.01. The fourth-order valence-electron chi connectivity index (χ4n) is 3.40. The number of nitrogens with one attached hydrogen (secondary N) is 2. The molecule has 0 spiro atoms. The van der Waals surface area contributed by atoms with Crippen molar-refractivity contribution in [2.75, 3.05) is 0 Å². The number of carbonyl (C=O) groups is 1. The number of hydrogen-bond acceptors (Lipinski definition) is 4. The van der Waals surface area contributed by atoms with E-state index >= 15 is 0 Å². The number of carbonyl (C=O) groups excluding carboxylic acids is 1. The third-order valence-electron chi connectivity index (χ3n) is 5.29. The molecule has 1 aliphatic carbocycles. The monoisotopic (exact) mass is 482 g/mol. The van der Waals surface area contributed by atoms with Gasteiger partial charge in [0, 0.05) is 18.2 Å². The zero-order valence-corrected chi connectivity index (χ0v) is 18.8. The molecule has 176 valence electrons. The van der Waals surface area contributed by atoms with Gasteiger partial charge in [-0.05, 0) is 44.4 Å². The van der Waals surface area contributed by atoms with Crippen LogP contribution in [0.3, 0.4) is 0 Å². The molecule has 0 aliphatic heterocycles. The van der Waals surface area contributed by atoms with Crippen LogP contribution in [-0.2, 0) is 4.79 Å². The van der Waals surface area contributed by atoms with E-state index in [4.69, 9.17) is 11.6 Å². The Bertz CT molecular complexity index is 1020. The van der Waals surface area contributed by atoms with E-state index in [1.165, 1.54) is 44.3 Å². The maximum atomic E-state index is 14.4. The van der Waals surface area contributed by atoms with Crippen LogP contribution in [-0.4, -0.2) is 34.3 Å². The molecule has 1 heterocycles. The molecule has 5 nitrogen and oxygen atoms in total. The van der Waals surface area contributed by atoms with Gasteiger partial charge in [0.2, 0.25) is 5.91 Å². The van der Waals surface area contributed by atoms with E-state index in [1.54, 1.807) is 12.1 Å². The first-order chi connectivity index (χ1) is 15.3. The van der Waals surface area contributed by atoms with Crippen LogP contribution in [0.15, 0.2) is 42.6 Å². The summed E-state index contributed by atoms with van der Waals surface area (Å²) < 4.78 is 56.3. The van der Waals surface area contributed by atoms with Crippen molar-refractivity contribution in [3.8, 4) is 17.3 Å². The van der Waals surface area contributed by atoms with Crippen molar-refractivity contribution in [1.82, 2.24) is 15.6 Å². The lowest BCUT2D eigenvalue weighted by molar-refractivity contribution is -0.161. The molecule has 0 saturated heterocycles. The number of alkyl halides is 4. The molecule has 1 saturated carbocycles. The van der Waals surface area contributed by atoms with Gasteiger partial charge < -0.3 is 5.32 Å². The predicted octanol–water partition coefficient (Wildman–Crippen LogP) is 5.27. The zero-order valence-electron chi connectivity index (χ0n) is 18.0. The summed E-state index contributed by atoms with van der Waals surface area (Å²) in [5.41, 5.74) is -2.03. The number of rotatable bonds is 8. The number of pyridine rings is 1. The fraction of sp³-hybridized carbons (Fsp3) is 0.435. The third-order valence-corrected chi connectivity index (χ3v) is 5.52. The maximum absolute atomic E-state index is 14.4. The highest BCUT2D eigenvalue weighted by molar-refractivity contribution is 6.30. The van der Waals surface area contributed by atoms with E-state index in [9.17, 15) is 27.6 Å². The number of halogens is 5. The minimum Gasteiger partial charge on any atom is -0.336 e. The number of hydrogen-bond donors (Lipinski definition) is 2. The second-order valence-electron chi connectivity index (χ2n) is 8.78. The van der Waals surface area contributed by atoms with Gasteiger partial charge in [0.25, 0.3) is 0 Å². The Morgan fingerprint density at radius 3 is 2.27 bits per heavy atom. The smallest absolute Gasteiger partial charge is 0.336 e. The molecule has 3 rings (SSSR count). The van der Waals surface area contributed by atoms with Crippen molar-refractivity contribution >= 4 is 17.5 Å². The standard InChI is InChI=1S/C23H23ClF4N4O/c1-21(2,25)11-18(20(33)32-22(13-29)9-10-22)31-19(23(26,27)28)15-5-3-14(4-6-15)17-8-7-16(24)12-30-17/h3-8,12,18-19,31H,9-11H2,1-2H3,(H,32,33)/t18-,19-/m0/s1. The zero-order chi connectivity index (χ0) is 24.4. The fourth-order valence-corrected chi connectivity index (χ4v) is 3.51. The van der Waals surface area contributed by atoms with Gasteiger partial charge in [-0.25, -0.2) is 4.39 Å². The molecule has 0 unspecified atom stereocenters. The molecule has 1 aromatic heterocycles. The summed E-state index contributed by atoms with van der Waals surface area (Å²) in [5, 5.41) is 14.4. The Morgan fingerprint density at radius 2 is 1.82 bits per heavy atom. The molecule has 2 atom stereocenters. The molecular weight excluding hydrogens is 460 g/mol. The van der Waals surface area contributed by atoms with Gasteiger partial charge in [-0.2, -0.15) is 18.4 Å². The normalized spacial score (nSPS) is 17.0. The summed E-state index contributed by atoms with van der Waals surface area (Å²) >= 11 is 5.82. The SMILES string of the molecule is CC(C)(F)C[C@H](N[C@@H](c1ccc(-c2ccc(Cl)cn2)cc1)C(F)(F)F)C(=O)NC1(C#N)CC1. The topological polar surface area (TPSA) is 77.8 Å². The highest BCUT2D eigenvalue weighted by Gasteiger charge is 2.48. The summed E-state index contributed by atoms with van der Waals surface area (Å²) in [6, 6.07) is 7.02. The minimum absolute atomic E-state index is 0.143. The first-order valence-corrected chi connectivity index (χ1v) is 10.7. The summed E-state index contributed by atoms with van der Waals surface area (Å²) in [6.45, 7) is 2.37. The van der Waals surface area contributed by atoms with E-state index in [-0.39, 0.29) is 5.56 Å². The molecule has 0 bridgehead atoms. The molecule has 1 aromatic carbocycles. The minimum atomic E-state index is -4.76. The first kappa shape index (κ1) is 24.9. The first-order valence-electron chi connectivity index (χ1n) is 10.3. The molecular formula is C23H23ClF4N4O. The molecule has 10 heteroatoms. The molecule has 0 radical (unpaired) electrons. The number of nitriles is 1. The second kappa shape index (κ2) is 9.27. The van der Waals surface area contributed by atoms with Crippen LogP contribution >= 0.6 is 11.6 Å². The Balaban J connectivity index is 1.86. The van der Waals surface area contributed by atoms with Crippen LogP contribution in [0.5, 0.6) is 0 Å². The molecule has 1 aliphatic rings. The number of aromatic nitrogens is 1. The van der Waals surface area contributed by atoms with Crippen LogP contribution in [0.25, 0.3) is 11.3 Å². The maximum Gasteiger partial charge on any atom is 0.407 e. The lowest BCUT2D eigenvalue weighted by Gasteiger charge is -2.30. The average Bonchev–Trinajstić information content (AvgIpc) is 3.50. The van der Waals surface area contributed by atoms with Crippen molar-refractivity contribution in [2.24, 2.45) is 0 Å². The van der Waals surface area contributed by atoms with Crippen molar-refractivity contribution in [1.29, 1.82) is 5.26 Å². The van der Waals surface area contributed by atoms with Crippen molar-refractivity contribution < 1.29 is 22.4 Å². The average molecular weight is 483 g/mol. The Hall–Kier alpha value is -2.70. The lowest BCUT2D eigenvalue weighted by atomic mass is 9.96. The molecule has 2 N–H and O–H groups in total. The summed E-state index contributed by atoms with van der Waals surface area (Å²) in [5.74, 6) is -0.837. The van der Waals surface area contributed by atoms with Crippen molar-refractivity contribution in [2.45, 2.75) is 62.6 Å². The van der Waals surface area contributed by atoms with Crippen LogP contribution in [0.1, 0.15) is 44.7 Å². The highest BCUT2D eigenvalue weighted by atomic mass is 35.5. The molecule has 1 fully saturated rings. The van der Waals surface area contributed by atoms with E-state index in [0.29, 0.717) is 29.1 Å². The van der Waals surface area contributed by atoms with Gasteiger partial charge in [0.15, 0.2) is 0 Å². The number of nitrogens with zero attached hydrogens (tertiary/aromatic N) is 2. The molecule has 2 aromatic rings. The Labute approximate surface area is 194 Å². The van der Waals surface area contributed by atoms with Gasteiger partial charge >= 0.3 is 6.18 Å². The quantitative estimate of drug-likeness (QED) is 0.502. The second-order valence-corrected chi connectivity index (χ2v) is 9.22. The summed E-state index contributed by atoms with van der Waals surface area (Å²) in [6.07, 6.45) is -3.01. The molecule has 1 amide bonds. The number of benzene rings is 1. The number of amides is 1. The lowest BCUT2D eigenvalue weighted by Crippen LogP contribution is -2.53. The van der Waals surface area contributed by atoms with E-state index in [2.05, 4.69) is 15.6 Å².